The van der Waals surface area contributed by atoms with Crippen LogP contribution in [0.2, 0.25) is 0 Å². The van der Waals surface area contributed by atoms with Crippen molar-refractivity contribution in [1.82, 2.24) is 14.7 Å². The predicted octanol–water partition coefficient (Wildman–Crippen LogP) is -0.403. The molecule has 1 aromatic rings. The van der Waals surface area contributed by atoms with Crippen LogP contribution in [0.3, 0.4) is 0 Å². The molecule has 1 aliphatic carbocycles. The smallest absolute Gasteiger partial charge is 0.267 e. The third kappa shape index (κ3) is 2.81. The topological polar surface area (TPSA) is 98.3 Å². The third-order valence-corrected chi connectivity index (χ3v) is 4.07. The first-order valence-electron chi connectivity index (χ1n) is 7.23. The zero-order chi connectivity index (χ0) is 15.0. The van der Waals surface area contributed by atoms with E-state index in [0.717, 1.165) is 25.0 Å². The Balaban J connectivity index is 1.76. The van der Waals surface area contributed by atoms with E-state index in [0.29, 0.717) is 18.9 Å². The van der Waals surface area contributed by atoms with Gasteiger partial charge >= 0.3 is 0 Å². The van der Waals surface area contributed by atoms with Gasteiger partial charge in [0.25, 0.3) is 5.56 Å². The van der Waals surface area contributed by atoms with Gasteiger partial charge in [-0.25, -0.2) is 4.68 Å². The molecule has 0 unspecified atom stereocenters. The molecule has 2 amide bonds. The Morgan fingerprint density at radius 3 is 2.71 bits per heavy atom. The molecule has 2 N–H and O–H groups in total. The van der Waals surface area contributed by atoms with E-state index in [1.165, 1.54) is 15.6 Å². The van der Waals surface area contributed by atoms with Crippen LogP contribution in [-0.4, -0.2) is 39.1 Å². The Bertz CT molecular complexity index is 635. The Morgan fingerprint density at radius 2 is 2.05 bits per heavy atom. The zero-order valence-corrected chi connectivity index (χ0v) is 11.7. The normalized spacial score (nSPS) is 21.5. The Kier molecular flexibility index (Phi) is 3.48. The molecule has 0 radical (unpaired) electrons. The van der Waals surface area contributed by atoms with Crippen LogP contribution in [0.1, 0.15) is 37.3 Å². The first-order valence-corrected chi connectivity index (χ1v) is 7.23. The highest BCUT2D eigenvalue weighted by Gasteiger charge is 2.33. The van der Waals surface area contributed by atoms with Crippen molar-refractivity contribution in [3.8, 4) is 0 Å². The summed E-state index contributed by atoms with van der Waals surface area (Å²) in [6, 6.07) is 2.62. The SMILES string of the molecule is NC(=O)[C@@H]1CCCN1C(=O)Cn1nc(C2CC2)ccc1=O. The van der Waals surface area contributed by atoms with Gasteiger partial charge < -0.3 is 10.6 Å². The van der Waals surface area contributed by atoms with Gasteiger partial charge in [-0.1, -0.05) is 0 Å². The lowest BCUT2D eigenvalue weighted by atomic mass is 10.2. The number of carbonyl (C=O) groups is 2. The maximum atomic E-state index is 12.3. The summed E-state index contributed by atoms with van der Waals surface area (Å²) in [5.74, 6) is -0.358. The molecule has 2 fully saturated rings. The molecule has 2 heterocycles. The highest BCUT2D eigenvalue weighted by Crippen LogP contribution is 2.38. The molecule has 1 atom stereocenters. The number of nitrogens with zero attached hydrogens (tertiary/aromatic N) is 3. The molecule has 1 aromatic heterocycles. The number of likely N-dealkylation sites (tertiary alicyclic amines) is 1. The average Bonchev–Trinajstić information content (AvgIpc) is 3.16. The largest absolute Gasteiger partial charge is 0.368 e. The van der Waals surface area contributed by atoms with Crippen molar-refractivity contribution in [2.75, 3.05) is 6.54 Å². The van der Waals surface area contributed by atoms with Crippen molar-refractivity contribution in [1.29, 1.82) is 0 Å². The van der Waals surface area contributed by atoms with Gasteiger partial charge in [-0.05, 0) is 31.7 Å². The average molecular weight is 290 g/mol. The van der Waals surface area contributed by atoms with Gasteiger partial charge in [0.05, 0.1) is 5.69 Å². The summed E-state index contributed by atoms with van der Waals surface area (Å²) < 4.78 is 1.19. The maximum absolute atomic E-state index is 12.3. The fourth-order valence-corrected chi connectivity index (χ4v) is 2.75. The second-order valence-electron chi connectivity index (χ2n) is 5.68. The third-order valence-electron chi connectivity index (χ3n) is 4.07. The van der Waals surface area contributed by atoms with E-state index in [1.54, 1.807) is 6.07 Å². The van der Waals surface area contributed by atoms with E-state index >= 15 is 0 Å². The van der Waals surface area contributed by atoms with E-state index < -0.39 is 11.9 Å². The van der Waals surface area contributed by atoms with Gasteiger partial charge in [-0.15, -0.1) is 0 Å². The number of primary amides is 1. The summed E-state index contributed by atoms with van der Waals surface area (Å²) in [6.07, 6.45) is 3.50. The molecule has 21 heavy (non-hydrogen) atoms. The van der Waals surface area contributed by atoms with Crippen molar-refractivity contribution < 1.29 is 9.59 Å². The highest BCUT2D eigenvalue weighted by molar-refractivity contribution is 5.87. The van der Waals surface area contributed by atoms with E-state index in [9.17, 15) is 14.4 Å². The van der Waals surface area contributed by atoms with Crippen LogP contribution >= 0.6 is 0 Å². The Morgan fingerprint density at radius 1 is 1.29 bits per heavy atom. The summed E-state index contributed by atoms with van der Waals surface area (Å²) >= 11 is 0. The van der Waals surface area contributed by atoms with E-state index in [1.807, 2.05) is 0 Å². The summed E-state index contributed by atoms with van der Waals surface area (Å²) in [6.45, 7) is 0.368. The number of rotatable bonds is 4. The first-order chi connectivity index (χ1) is 10.1. The minimum Gasteiger partial charge on any atom is -0.368 e. The van der Waals surface area contributed by atoms with E-state index in [4.69, 9.17) is 5.73 Å². The molecule has 0 spiro atoms. The van der Waals surface area contributed by atoms with E-state index in [-0.39, 0.29) is 18.0 Å². The minimum atomic E-state index is -0.556. The van der Waals surface area contributed by atoms with Crippen LogP contribution in [0.5, 0.6) is 0 Å². The Hall–Kier alpha value is -2.18. The monoisotopic (exact) mass is 290 g/mol. The lowest BCUT2D eigenvalue weighted by Gasteiger charge is -2.22. The molecule has 3 rings (SSSR count). The van der Waals surface area contributed by atoms with Gasteiger partial charge in [0.2, 0.25) is 11.8 Å². The van der Waals surface area contributed by atoms with Gasteiger partial charge in [0.15, 0.2) is 0 Å². The molecule has 1 aliphatic heterocycles. The molecule has 0 aromatic carbocycles. The molecular formula is C14H18N4O3. The zero-order valence-electron chi connectivity index (χ0n) is 11.7. The van der Waals surface area contributed by atoms with Crippen molar-refractivity contribution in [2.45, 2.75) is 44.2 Å². The summed E-state index contributed by atoms with van der Waals surface area (Å²) in [5.41, 5.74) is 5.86. The fraction of sp³-hybridized carbons (Fsp3) is 0.571. The van der Waals surface area contributed by atoms with Crippen LogP contribution in [0.15, 0.2) is 16.9 Å². The van der Waals surface area contributed by atoms with Gasteiger partial charge in [0.1, 0.15) is 12.6 Å². The molecule has 112 valence electrons. The minimum absolute atomic E-state index is 0.136. The Labute approximate surface area is 121 Å². The number of hydrogen-bond acceptors (Lipinski definition) is 4. The van der Waals surface area contributed by atoms with Gasteiger partial charge in [-0.3, -0.25) is 14.4 Å². The first kappa shape index (κ1) is 13.8. The summed E-state index contributed by atoms with van der Waals surface area (Å²) in [7, 11) is 0. The molecule has 2 aliphatic rings. The van der Waals surface area contributed by atoms with Gasteiger partial charge in [-0.2, -0.15) is 5.10 Å². The van der Waals surface area contributed by atoms with E-state index in [2.05, 4.69) is 5.10 Å². The molecule has 1 saturated heterocycles. The number of amides is 2. The van der Waals surface area contributed by atoms with Crippen LogP contribution < -0.4 is 11.3 Å². The summed E-state index contributed by atoms with van der Waals surface area (Å²) in [4.78, 5) is 36.9. The number of aromatic nitrogens is 2. The number of hydrogen-bond donors (Lipinski definition) is 1. The van der Waals surface area contributed by atoms with Crippen LogP contribution in [0.25, 0.3) is 0 Å². The molecule has 7 heteroatoms. The lowest BCUT2D eigenvalue weighted by molar-refractivity contribution is -0.138. The summed E-state index contributed by atoms with van der Waals surface area (Å²) in [5, 5.41) is 4.26. The van der Waals surface area contributed by atoms with Crippen molar-refractivity contribution in [3.63, 3.8) is 0 Å². The molecule has 0 bridgehead atoms. The highest BCUT2D eigenvalue weighted by atomic mass is 16.2. The second-order valence-corrected chi connectivity index (χ2v) is 5.68. The van der Waals surface area contributed by atoms with Crippen molar-refractivity contribution in [3.05, 3.63) is 28.2 Å². The molecule has 1 saturated carbocycles. The number of nitrogens with two attached hydrogens (primary N) is 1. The van der Waals surface area contributed by atoms with Gasteiger partial charge in [0, 0.05) is 18.5 Å². The fourth-order valence-electron chi connectivity index (χ4n) is 2.75. The quantitative estimate of drug-likeness (QED) is 0.815. The van der Waals surface area contributed by atoms with Crippen LogP contribution in [0.4, 0.5) is 0 Å². The standard InChI is InChI=1S/C14H18N4O3/c15-14(21)11-2-1-7-17(11)13(20)8-18-12(19)6-5-10(16-18)9-3-4-9/h5-6,9,11H,1-4,7-8H2,(H2,15,21)/t11-/m0/s1. The van der Waals surface area contributed by atoms with Crippen molar-refractivity contribution in [2.24, 2.45) is 5.73 Å². The molecule has 7 nitrogen and oxygen atoms in total. The maximum Gasteiger partial charge on any atom is 0.267 e. The van der Waals surface area contributed by atoms with Crippen LogP contribution in [0, 0.1) is 0 Å². The van der Waals surface area contributed by atoms with Crippen LogP contribution in [-0.2, 0) is 16.1 Å². The van der Waals surface area contributed by atoms with Crippen molar-refractivity contribution >= 4 is 11.8 Å². The second kappa shape index (κ2) is 5.31. The predicted molar refractivity (Wildman–Crippen MR) is 74.4 cm³/mol. The lowest BCUT2D eigenvalue weighted by Crippen LogP contribution is -2.46. The number of carbonyl (C=O) groups excluding carboxylic acids is 2. The molecular weight excluding hydrogens is 272 g/mol.